The van der Waals surface area contributed by atoms with Crippen molar-refractivity contribution >= 4 is 11.9 Å². The van der Waals surface area contributed by atoms with Crippen LogP contribution in [-0.4, -0.2) is 71.5 Å². The Kier molecular flexibility index (Phi) is 6.78. The van der Waals surface area contributed by atoms with E-state index in [4.69, 9.17) is 18.9 Å². The molecule has 3 aliphatic carbocycles. The maximum absolute atomic E-state index is 13.6. The van der Waals surface area contributed by atoms with Crippen LogP contribution >= 0.6 is 0 Å². The molecule has 8 nitrogen and oxygen atoms in total. The summed E-state index contributed by atoms with van der Waals surface area (Å²) in [5.41, 5.74) is -1.30. The van der Waals surface area contributed by atoms with Crippen LogP contribution in [0.4, 0.5) is 0 Å². The molecule has 38 heavy (non-hydrogen) atoms. The molecule has 5 rings (SSSR count). The number of methoxy groups -OCH3 is 1. The van der Waals surface area contributed by atoms with Gasteiger partial charge in [0.2, 0.25) is 0 Å². The van der Waals surface area contributed by atoms with Crippen LogP contribution < -0.4 is 0 Å². The molecule has 3 fully saturated rings. The van der Waals surface area contributed by atoms with Gasteiger partial charge in [-0.3, -0.25) is 4.79 Å². The Balaban J connectivity index is 1.74. The average molecular weight is 529 g/mol. The molecule has 8 heteroatoms. The number of aliphatic hydroxyl groups is 2. The van der Waals surface area contributed by atoms with E-state index in [0.717, 1.165) is 11.1 Å². The first-order valence-electron chi connectivity index (χ1n) is 13.6. The van der Waals surface area contributed by atoms with Gasteiger partial charge in [-0.05, 0) is 37.0 Å². The molecule has 2 N–H and O–H groups in total. The second-order valence-electron chi connectivity index (χ2n) is 12.2. The SMILES string of the molecule is COC1C[C@]2(O)CC(=C1C)[C@H](C)[C@H](O)[C@@]1(C)[C@H]([C@@H]2OC(=O)c2ccccc2)[C@]2(OC(C)=O)CO[C@@H]2C[C@@H]1C. The van der Waals surface area contributed by atoms with Gasteiger partial charge in [0.15, 0.2) is 5.60 Å². The third-order valence-electron chi connectivity index (χ3n) is 10.3. The highest BCUT2D eigenvalue weighted by Crippen LogP contribution is 2.64. The van der Waals surface area contributed by atoms with Crippen molar-refractivity contribution in [2.75, 3.05) is 13.7 Å². The van der Waals surface area contributed by atoms with E-state index in [1.165, 1.54) is 6.92 Å². The molecular weight excluding hydrogens is 488 g/mol. The first kappa shape index (κ1) is 27.3. The maximum atomic E-state index is 13.6. The minimum Gasteiger partial charge on any atom is -0.455 e. The quantitative estimate of drug-likeness (QED) is 0.452. The molecule has 0 spiro atoms. The van der Waals surface area contributed by atoms with Crippen LogP contribution in [-0.2, 0) is 23.7 Å². The summed E-state index contributed by atoms with van der Waals surface area (Å²) in [6, 6.07) is 8.65. The molecule has 0 aromatic heterocycles. The molecule has 0 radical (unpaired) electrons. The van der Waals surface area contributed by atoms with E-state index in [0.29, 0.717) is 12.0 Å². The summed E-state index contributed by atoms with van der Waals surface area (Å²) in [6.07, 6.45) is -1.82. The van der Waals surface area contributed by atoms with Crippen molar-refractivity contribution in [2.24, 2.45) is 23.2 Å². The van der Waals surface area contributed by atoms with Crippen molar-refractivity contribution in [2.45, 2.75) is 89.5 Å². The highest BCUT2D eigenvalue weighted by atomic mass is 16.6. The molecular formula is C30H40O8. The summed E-state index contributed by atoms with van der Waals surface area (Å²) in [6.45, 7) is 9.47. The second kappa shape index (κ2) is 9.44. The van der Waals surface area contributed by atoms with Gasteiger partial charge in [0.25, 0.3) is 0 Å². The Hall–Kier alpha value is -2.26. The molecule has 2 saturated carbocycles. The fraction of sp³-hybridized carbons (Fsp3) is 0.667. The van der Waals surface area contributed by atoms with Crippen LogP contribution in [0.5, 0.6) is 0 Å². The van der Waals surface area contributed by atoms with Gasteiger partial charge in [0, 0.05) is 38.2 Å². The van der Waals surface area contributed by atoms with Crippen LogP contribution in [0.1, 0.15) is 64.2 Å². The zero-order chi connectivity index (χ0) is 27.6. The van der Waals surface area contributed by atoms with E-state index >= 15 is 0 Å². The van der Waals surface area contributed by atoms with E-state index in [1.807, 2.05) is 26.8 Å². The van der Waals surface area contributed by atoms with Gasteiger partial charge < -0.3 is 29.2 Å². The lowest BCUT2D eigenvalue weighted by Crippen LogP contribution is -2.79. The lowest BCUT2D eigenvalue weighted by atomic mass is 9.45. The third kappa shape index (κ3) is 3.86. The Morgan fingerprint density at radius 3 is 2.42 bits per heavy atom. The largest absolute Gasteiger partial charge is 0.455 e. The number of esters is 2. The van der Waals surface area contributed by atoms with Gasteiger partial charge in [0.05, 0.1) is 30.3 Å². The molecule has 2 bridgehead atoms. The molecule has 1 aromatic rings. The number of carbonyl (C=O) groups excluding carboxylic acids is 2. The van der Waals surface area contributed by atoms with Crippen molar-refractivity contribution in [3.05, 3.63) is 47.0 Å². The molecule has 1 heterocycles. The Morgan fingerprint density at radius 1 is 1.16 bits per heavy atom. The van der Waals surface area contributed by atoms with Crippen molar-refractivity contribution < 1.29 is 38.7 Å². The van der Waals surface area contributed by atoms with E-state index in [-0.39, 0.29) is 31.3 Å². The highest BCUT2D eigenvalue weighted by Gasteiger charge is 2.74. The van der Waals surface area contributed by atoms with Crippen molar-refractivity contribution in [3.63, 3.8) is 0 Å². The topological polar surface area (TPSA) is 112 Å². The Morgan fingerprint density at radius 2 is 1.84 bits per heavy atom. The minimum absolute atomic E-state index is 0.0848. The zero-order valence-corrected chi connectivity index (χ0v) is 23.1. The number of hydrogen-bond acceptors (Lipinski definition) is 8. The lowest BCUT2D eigenvalue weighted by molar-refractivity contribution is -0.351. The standard InChI is InChI=1S/C30H40O8/c1-16-12-23-30(15-36-23,38-19(4)31)24-26(37-27(33)20-10-8-7-9-11-20)29(34)13-21(17(2)22(14-29)35-6)18(3)25(32)28(16,24)5/h7-11,16,18,22-26,32,34H,12-15H2,1-6H3/t16-,18-,22?,23+,24-,25-,26-,28+,29+,30-/m0/s1. The first-order valence-corrected chi connectivity index (χ1v) is 13.6. The molecule has 1 unspecified atom stereocenters. The van der Waals surface area contributed by atoms with Crippen LogP contribution in [0, 0.1) is 23.2 Å². The summed E-state index contributed by atoms with van der Waals surface area (Å²) in [7, 11) is 1.60. The zero-order valence-electron chi connectivity index (χ0n) is 23.1. The summed E-state index contributed by atoms with van der Waals surface area (Å²) in [4.78, 5) is 26.1. The molecule has 1 aromatic carbocycles. The second-order valence-corrected chi connectivity index (χ2v) is 12.2. The molecule has 10 atom stereocenters. The average Bonchev–Trinajstić information content (AvgIpc) is 2.88. The number of rotatable bonds is 4. The van der Waals surface area contributed by atoms with Crippen molar-refractivity contribution in [1.82, 2.24) is 0 Å². The van der Waals surface area contributed by atoms with Crippen LogP contribution in [0.15, 0.2) is 41.5 Å². The normalized spacial score (nSPS) is 44.1. The molecule has 1 saturated heterocycles. The molecule has 208 valence electrons. The molecule has 0 amide bonds. The fourth-order valence-electron chi connectivity index (χ4n) is 8.01. The number of carbonyl (C=O) groups is 2. The van der Waals surface area contributed by atoms with Gasteiger partial charge in [0.1, 0.15) is 17.8 Å². The van der Waals surface area contributed by atoms with Crippen molar-refractivity contribution in [1.29, 1.82) is 0 Å². The minimum atomic E-state index is -1.52. The predicted octanol–water partition coefficient (Wildman–Crippen LogP) is 3.44. The predicted molar refractivity (Wildman–Crippen MR) is 138 cm³/mol. The van der Waals surface area contributed by atoms with Gasteiger partial charge in [-0.1, -0.05) is 44.5 Å². The van der Waals surface area contributed by atoms with Gasteiger partial charge >= 0.3 is 11.9 Å². The summed E-state index contributed by atoms with van der Waals surface area (Å²) in [5.74, 6) is -2.17. The smallest absolute Gasteiger partial charge is 0.338 e. The number of aliphatic hydroxyl groups excluding tert-OH is 1. The number of benzene rings is 1. The van der Waals surface area contributed by atoms with Gasteiger partial charge in [-0.2, -0.15) is 0 Å². The highest BCUT2D eigenvalue weighted by molar-refractivity contribution is 5.89. The number of hydrogen-bond donors (Lipinski definition) is 2. The Labute approximate surface area is 224 Å². The van der Waals surface area contributed by atoms with E-state index in [2.05, 4.69) is 6.92 Å². The third-order valence-corrected chi connectivity index (χ3v) is 10.3. The number of fused-ring (bicyclic) bond motifs is 5. The van der Waals surface area contributed by atoms with Crippen LogP contribution in [0.3, 0.4) is 0 Å². The van der Waals surface area contributed by atoms with E-state index < -0.39 is 58.9 Å². The van der Waals surface area contributed by atoms with E-state index in [9.17, 15) is 19.8 Å². The maximum Gasteiger partial charge on any atom is 0.338 e. The number of ether oxygens (including phenoxy) is 4. The van der Waals surface area contributed by atoms with Gasteiger partial charge in [-0.25, -0.2) is 4.79 Å². The lowest BCUT2D eigenvalue weighted by Gasteiger charge is -2.68. The Bertz CT molecular complexity index is 1130. The summed E-state index contributed by atoms with van der Waals surface area (Å²) < 4.78 is 24.2. The van der Waals surface area contributed by atoms with Crippen LogP contribution in [0.2, 0.25) is 0 Å². The summed E-state index contributed by atoms with van der Waals surface area (Å²) >= 11 is 0. The molecule has 1 aliphatic heterocycles. The fourth-order valence-corrected chi connectivity index (χ4v) is 8.01. The first-order chi connectivity index (χ1) is 17.9. The monoisotopic (exact) mass is 528 g/mol. The van der Waals surface area contributed by atoms with Gasteiger partial charge in [-0.15, -0.1) is 0 Å². The van der Waals surface area contributed by atoms with E-state index in [1.54, 1.807) is 31.4 Å². The van der Waals surface area contributed by atoms with Crippen molar-refractivity contribution in [3.8, 4) is 0 Å². The van der Waals surface area contributed by atoms with Crippen LogP contribution in [0.25, 0.3) is 0 Å². The summed E-state index contributed by atoms with van der Waals surface area (Å²) in [5, 5.41) is 24.7. The molecule has 4 aliphatic rings.